The molecule has 1 aliphatic carbocycles. The molecule has 0 saturated heterocycles. The zero-order valence-electron chi connectivity index (χ0n) is 10.8. The molecule has 0 unspecified atom stereocenters. The third-order valence-electron chi connectivity index (χ3n) is 3.96. The second kappa shape index (κ2) is 4.62. The standard InChI is InChI=1S/C15H21ClO/c1-10(2)13-8-15(17,9-13)7-12-5-4-11(3)6-14(12)16/h4-6,10,13,17H,7-9H2,1-3H3. The van der Waals surface area contributed by atoms with Crippen LogP contribution in [0.15, 0.2) is 18.2 Å². The quantitative estimate of drug-likeness (QED) is 0.863. The molecule has 1 fully saturated rings. The summed E-state index contributed by atoms with van der Waals surface area (Å²) in [7, 11) is 0. The van der Waals surface area contributed by atoms with Crippen LogP contribution in [0.3, 0.4) is 0 Å². The highest BCUT2D eigenvalue weighted by atomic mass is 35.5. The van der Waals surface area contributed by atoms with E-state index < -0.39 is 5.60 Å². The average Bonchev–Trinajstić information content (AvgIpc) is 2.18. The van der Waals surface area contributed by atoms with Gasteiger partial charge in [-0.25, -0.2) is 0 Å². The van der Waals surface area contributed by atoms with E-state index in [0.29, 0.717) is 18.3 Å². The second-order valence-corrected chi connectivity index (χ2v) is 6.32. The fourth-order valence-corrected chi connectivity index (χ4v) is 2.98. The molecule has 0 spiro atoms. The normalized spacial score (nSPS) is 28.2. The number of aryl methyl sites for hydroxylation is 1. The summed E-state index contributed by atoms with van der Waals surface area (Å²) in [6.45, 7) is 6.48. The van der Waals surface area contributed by atoms with E-state index in [0.717, 1.165) is 23.4 Å². The molecule has 1 N–H and O–H groups in total. The van der Waals surface area contributed by atoms with Crippen LogP contribution in [0.25, 0.3) is 0 Å². The minimum Gasteiger partial charge on any atom is -0.390 e. The van der Waals surface area contributed by atoms with Gasteiger partial charge in [0.15, 0.2) is 0 Å². The molecule has 17 heavy (non-hydrogen) atoms. The van der Waals surface area contributed by atoms with Crippen molar-refractivity contribution < 1.29 is 5.11 Å². The second-order valence-electron chi connectivity index (χ2n) is 5.91. The molecular weight excluding hydrogens is 232 g/mol. The van der Waals surface area contributed by atoms with Crippen LogP contribution in [0, 0.1) is 18.8 Å². The van der Waals surface area contributed by atoms with Gasteiger partial charge in [0.05, 0.1) is 5.60 Å². The van der Waals surface area contributed by atoms with Gasteiger partial charge in [-0.1, -0.05) is 37.6 Å². The first-order valence-electron chi connectivity index (χ1n) is 6.37. The van der Waals surface area contributed by atoms with Crippen molar-refractivity contribution in [2.75, 3.05) is 0 Å². The van der Waals surface area contributed by atoms with Crippen LogP contribution < -0.4 is 0 Å². The van der Waals surface area contributed by atoms with Crippen LogP contribution >= 0.6 is 11.6 Å². The Kier molecular flexibility index (Phi) is 3.51. The lowest BCUT2D eigenvalue weighted by molar-refractivity contribution is -0.0860. The van der Waals surface area contributed by atoms with Crippen molar-refractivity contribution in [2.45, 2.75) is 45.6 Å². The fraction of sp³-hybridized carbons (Fsp3) is 0.600. The minimum absolute atomic E-state index is 0.520. The Labute approximate surface area is 109 Å². The molecule has 1 aromatic carbocycles. The van der Waals surface area contributed by atoms with E-state index in [1.165, 1.54) is 5.56 Å². The van der Waals surface area contributed by atoms with Gasteiger partial charge in [-0.2, -0.15) is 0 Å². The molecular formula is C15H21ClO. The van der Waals surface area contributed by atoms with Gasteiger partial charge < -0.3 is 5.11 Å². The third-order valence-corrected chi connectivity index (χ3v) is 4.31. The summed E-state index contributed by atoms with van der Waals surface area (Å²) in [6.07, 6.45) is 2.51. The van der Waals surface area contributed by atoms with Crippen molar-refractivity contribution in [1.82, 2.24) is 0 Å². The summed E-state index contributed by atoms with van der Waals surface area (Å²) in [4.78, 5) is 0. The smallest absolute Gasteiger partial charge is 0.0694 e. The lowest BCUT2D eigenvalue weighted by atomic mass is 9.64. The predicted molar refractivity (Wildman–Crippen MR) is 72.4 cm³/mol. The fourth-order valence-electron chi connectivity index (χ4n) is 2.68. The van der Waals surface area contributed by atoms with Crippen LogP contribution in [-0.2, 0) is 6.42 Å². The van der Waals surface area contributed by atoms with E-state index in [1.807, 2.05) is 19.1 Å². The number of rotatable bonds is 3. The Morgan fingerprint density at radius 1 is 1.41 bits per heavy atom. The van der Waals surface area contributed by atoms with Gasteiger partial charge in [0.1, 0.15) is 0 Å². The molecule has 1 aliphatic rings. The van der Waals surface area contributed by atoms with Crippen molar-refractivity contribution in [1.29, 1.82) is 0 Å². The first kappa shape index (κ1) is 12.9. The SMILES string of the molecule is Cc1ccc(CC2(O)CC(C(C)C)C2)c(Cl)c1. The van der Waals surface area contributed by atoms with E-state index >= 15 is 0 Å². The molecule has 0 aliphatic heterocycles. The number of hydrogen-bond acceptors (Lipinski definition) is 1. The van der Waals surface area contributed by atoms with Gasteiger partial charge in [0, 0.05) is 11.4 Å². The molecule has 0 aromatic heterocycles. The maximum Gasteiger partial charge on any atom is 0.0694 e. The Hall–Kier alpha value is -0.530. The van der Waals surface area contributed by atoms with Gasteiger partial charge in [0.25, 0.3) is 0 Å². The highest BCUT2D eigenvalue weighted by Crippen LogP contribution is 2.44. The van der Waals surface area contributed by atoms with Crippen molar-refractivity contribution in [3.8, 4) is 0 Å². The largest absolute Gasteiger partial charge is 0.390 e. The maximum atomic E-state index is 10.4. The van der Waals surface area contributed by atoms with Crippen molar-refractivity contribution >= 4 is 11.6 Å². The van der Waals surface area contributed by atoms with Gasteiger partial charge in [-0.3, -0.25) is 0 Å². The lowest BCUT2D eigenvalue weighted by Gasteiger charge is -2.46. The third kappa shape index (κ3) is 2.83. The highest BCUT2D eigenvalue weighted by molar-refractivity contribution is 6.31. The van der Waals surface area contributed by atoms with Crippen LogP contribution in [0.2, 0.25) is 5.02 Å². The van der Waals surface area contributed by atoms with Crippen LogP contribution in [0.4, 0.5) is 0 Å². The molecule has 94 valence electrons. The molecule has 2 rings (SSSR count). The van der Waals surface area contributed by atoms with E-state index in [4.69, 9.17) is 11.6 Å². The lowest BCUT2D eigenvalue weighted by Crippen LogP contribution is -2.47. The zero-order valence-corrected chi connectivity index (χ0v) is 11.6. The van der Waals surface area contributed by atoms with E-state index in [2.05, 4.69) is 19.9 Å². The monoisotopic (exact) mass is 252 g/mol. The Bertz CT molecular complexity index is 405. The van der Waals surface area contributed by atoms with Crippen LogP contribution in [0.5, 0.6) is 0 Å². The summed E-state index contributed by atoms with van der Waals surface area (Å²) in [5.74, 6) is 1.34. The molecule has 1 aromatic rings. The van der Waals surface area contributed by atoms with Crippen molar-refractivity contribution in [3.05, 3.63) is 34.3 Å². The first-order chi connectivity index (χ1) is 7.89. The van der Waals surface area contributed by atoms with Crippen LogP contribution in [-0.4, -0.2) is 10.7 Å². The van der Waals surface area contributed by atoms with Crippen molar-refractivity contribution in [2.24, 2.45) is 11.8 Å². The van der Waals surface area contributed by atoms with Gasteiger partial charge in [0.2, 0.25) is 0 Å². The molecule has 0 atom stereocenters. The van der Waals surface area contributed by atoms with Crippen LogP contribution in [0.1, 0.15) is 37.8 Å². The summed E-state index contributed by atoms with van der Waals surface area (Å²) in [5.41, 5.74) is 1.72. The topological polar surface area (TPSA) is 20.2 Å². The zero-order chi connectivity index (χ0) is 12.6. The Balaban J connectivity index is 2.02. The van der Waals surface area contributed by atoms with Crippen molar-refractivity contribution in [3.63, 3.8) is 0 Å². The van der Waals surface area contributed by atoms with E-state index in [9.17, 15) is 5.11 Å². The number of benzene rings is 1. The molecule has 0 heterocycles. The number of aliphatic hydroxyl groups is 1. The molecule has 1 nitrogen and oxygen atoms in total. The minimum atomic E-state index is -0.520. The maximum absolute atomic E-state index is 10.4. The molecule has 0 radical (unpaired) electrons. The molecule has 0 bridgehead atoms. The summed E-state index contributed by atoms with van der Waals surface area (Å²) in [5, 5.41) is 11.2. The van der Waals surface area contributed by atoms with Gasteiger partial charge in [-0.15, -0.1) is 0 Å². The number of halogens is 1. The number of hydrogen-bond donors (Lipinski definition) is 1. The van der Waals surface area contributed by atoms with E-state index in [1.54, 1.807) is 0 Å². The molecule has 0 amide bonds. The summed E-state index contributed by atoms with van der Waals surface area (Å²) < 4.78 is 0. The van der Waals surface area contributed by atoms with Gasteiger partial charge in [-0.05, 0) is 48.8 Å². The van der Waals surface area contributed by atoms with Gasteiger partial charge >= 0.3 is 0 Å². The summed E-state index contributed by atoms with van der Waals surface area (Å²) in [6, 6.07) is 6.07. The highest BCUT2D eigenvalue weighted by Gasteiger charge is 2.43. The van der Waals surface area contributed by atoms with E-state index in [-0.39, 0.29) is 0 Å². The average molecular weight is 253 g/mol. The molecule has 1 saturated carbocycles. The predicted octanol–water partition coefficient (Wildman–Crippen LogP) is 3.99. The Morgan fingerprint density at radius 2 is 2.06 bits per heavy atom. The molecule has 2 heteroatoms. The summed E-state index contributed by atoms with van der Waals surface area (Å²) >= 11 is 6.20. The Morgan fingerprint density at radius 3 is 2.59 bits per heavy atom. The first-order valence-corrected chi connectivity index (χ1v) is 6.75.